The summed E-state index contributed by atoms with van der Waals surface area (Å²) in [7, 11) is 0. The van der Waals surface area contributed by atoms with E-state index >= 15 is 0 Å². The topological polar surface area (TPSA) is 58.6 Å². The van der Waals surface area contributed by atoms with Gasteiger partial charge in [-0.15, -0.1) is 0 Å². The molecule has 1 aliphatic heterocycles. The average molecular weight is 277 g/mol. The van der Waals surface area contributed by atoms with E-state index in [1.807, 2.05) is 32.9 Å². The van der Waals surface area contributed by atoms with E-state index < -0.39 is 6.10 Å². The van der Waals surface area contributed by atoms with Crippen LogP contribution in [0.3, 0.4) is 0 Å². The molecule has 0 saturated heterocycles. The van der Waals surface area contributed by atoms with Crippen LogP contribution in [0.2, 0.25) is 0 Å². The lowest BCUT2D eigenvalue weighted by atomic mass is 9.97. The fraction of sp³-hybridized carbons (Fsp3) is 0.562. The monoisotopic (exact) mass is 277 g/mol. The number of carbonyl (C=O) groups excluding carboxylic acids is 1. The molecule has 0 saturated carbocycles. The van der Waals surface area contributed by atoms with Crippen LogP contribution < -0.4 is 10.1 Å². The number of benzene rings is 1. The minimum Gasteiger partial charge on any atom is -0.489 e. The van der Waals surface area contributed by atoms with E-state index in [1.54, 1.807) is 6.07 Å². The molecule has 1 aromatic carbocycles. The van der Waals surface area contributed by atoms with Crippen molar-refractivity contribution in [3.05, 3.63) is 29.3 Å². The number of nitrogens with one attached hydrogen (secondary N) is 1. The number of rotatable bonds is 4. The van der Waals surface area contributed by atoms with Crippen molar-refractivity contribution in [2.45, 2.75) is 45.8 Å². The maximum atomic E-state index is 12.2. The van der Waals surface area contributed by atoms with Gasteiger partial charge in [0.1, 0.15) is 11.9 Å². The summed E-state index contributed by atoms with van der Waals surface area (Å²) in [5, 5.41) is 12.5. The molecule has 0 fully saturated rings. The Balaban J connectivity index is 2.13. The summed E-state index contributed by atoms with van der Waals surface area (Å²) in [6, 6.07) is 5.65. The highest BCUT2D eigenvalue weighted by Crippen LogP contribution is 2.40. The molecule has 0 bridgehead atoms. The number of hydrogen-bond acceptors (Lipinski definition) is 3. The fourth-order valence-electron chi connectivity index (χ4n) is 2.29. The Hall–Kier alpha value is -1.55. The Morgan fingerprint density at radius 2 is 2.10 bits per heavy atom. The molecule has 0 aromatic heterocycles. The molecule has 2 N–H and O–H groups in total. The zero-order valence-electron chi connectivity index (χ0n) is 12.5. The first-order valence-electron chi connectivity index (χ1n) is 7.17. The molecule has 1 aliphatic rings. The lowest BCUT2D eigenvalue weighted by Gasteiger charge is -2.16. The predicted molar refractivity (Wildman–Crippen MR) is 78.1 cm³/mol. The second kappa shape index (κ2) is 5.83. The Kier molecular flexibility index (Phi) is 4.33. The Labute approximate surface area is 120 Å². The van der Waals surface area contributed by atoms with E-state index in [9.17, 15) is 9.90 Å². The fourth-order valence-corrected chi connectivity index (χ4v) is 2.29. The molecule has 4 nitrogen and oxygen atoms in total. The Morgan fingerprint density at radius 1 is 1.40 bits per heavy atom. The van der Waals surface area contributed by atoms with Crippen LogP contribution in [0, 0.1) is 5.92 Å². The van der Waals surface area contributed by atoms with E-state index in [2.05, 4.69) is 12.2 Å². The number of fused-ring (bicyclic) bond motifs is 1. The third-order valence-corrected chi connectivity index (χ3v) is 4.03. The van der Waals surface area contributed by atoms with Crippen molar-refractivity contribution >= 4 is 5.91 Å². The highest BCUT2D eigenvalue weighted by Gasteiger charge is 2.31. The number of hydrogen-bond donors (Lipinski definition) is 2. The van der Waals surface area contributed by atoms with E-state index in [0.717, 1.165) is 5.56 Å². The van der Waals surface area contributed by atoms with Crippen molar-refractivity contribution in [2.75, 3.05) is 6.54 Å². The summed E-state index contributed by atoms with van der Waals surface area (Å²) in [5.41, 5.74) is 1.63. The van der Waals surface area contributed by atoms with Gasteiger partial charge in [-0.3, -0.25) is 4.79 Å². The molecule has 3 unspecified atom stereocenters. The van der Waals surface area contributed by atoms with E-state index in [-0.39, 0.29) is 24.5 Å². The second-order valence-corrected chi connectivity index (χ2v) is 5.86. The van der Waals surface area contributed by atoms with Gasteiger partial charge in [-0.05, 0) is 18.9 Å². The van der Waals surface area contributed by atoms with E-state index in [0.29, 0.717) is 17.2 Å². The van der Waals surface area contributed by atoms with Crippen LogP contribution in [0.25, 0.3) is 0 Å². The van der Waals surface area contributed by atoms with E-state index in [4.69, 9.17) is 4.74 Å². The molecule has 0 spiro atoms. The van der Waals surface area contributed by atoms with Gasteiger partial charge < -0.3 is 15.2 Å². The molecular formula is C16H23NO3. The smallest absolute Gasteiger partial charge is 0.255 e. The lowest BCUT2D eigenvalue weighted by Crippen LogP contribution is -2.34. The van der Waals surface area contributed by atoms with Crippen LogP contribution in [0.5, 0.6) is 5.75 Å². The third kappa shape index (κ3) is 2.80. The molecule has 1 aromatic rings. The minimum absolute atomic E-state index is 0.0835. The van der Waals surface area contributed by atoms with Gasteiger partial charge in [0, 0.05) is 18.0 Å². The van der Waals surface area contributed by atoms with E-state index in [1.165, 1.54) is 0 Å². The summed E-state index contributed by atoms with van der Waals surface area (Å²) in [5.74, 6) is 0.902. The zero-order valence-corrected chi connectivity index (χ0v) is 12.5. The number of aliphatic hydroxyl groups is 1. The normalized spacial score (nSPS) is 22.3. The molecule has 2 rings (SSSR count). The van der Waals surface area contributed by atoms with Crippen LogP contribution in [0.4, 0.5) is 0 Å². The summed E-state index contributed by atoms with van der Waals surface area (Å²) in [6.45, 7) is 8.20. The number of amides is 1. The lowest BCUT2D eigenvalue weighted by molar-refractivity contribution is 0.0867. The van der Waals surface area contributed by atoms with Crippen LogP contribution >= 0.6 is 0 Å². The average Bonchev–Trinajstić information content (AvgIpc) is 2.71. The highest BCUT2D eigenvalue weighted by molar-refractivity contribution is 5.97. The number of carbonyl (C=O) groups is 1. The molecule has 20 heavy (non-hydrogen) atoms. The van der Waals surface area contributed by atoms with Gasteiger partial charge in [-0.1, -0.05) is 32.9 Å². The van der Waals surface area contributed by atoms with Crippen LogP contribution in [-0.4, -0.2) is 29.8 Å². The first kappa shape index (κ1) is 14.9. The maximum Gasteiger partial charge on any atom is 0.255 e. The van der Waals surface area contributed by atoms with Gasteiger partial charge >= 0.3 is 0 Å². The van der Waals surface area contributed by atoms with Crippen molar-refractivity contribution < 1.29 is 14.6 Å². The van der Waals surface area contributed by atoms with Gasteiger partial charge in [0.15, 0.2) is 0 Å². The van der Waals surface area contributed by atoms with Gasteiger partial charge in [0.25, 0.3) is 5.91 Å². The van der Waals surface area contributed by atoms with Crippen molar-refractivity contribution in [1.82, 2.24) is 5.32 Å². The number of ether oxygens (including phenoxy) is 1. The molecule has 4 heteroatoms. The van der Waals surface area contributed by atoms with Gasteiger partial charge in [0.2, 0.25) is 0 Å². The quantitative estimate of drug-likeness (QED) is 0.888. The zero-order chi connectivity index (χ0) is 14.9. The molecule has 0 aliphatic carbocycles. The Bertz CT molecular complexity index is 498. The molecule has 1 amide bonds. The largest absolute Gasteiger partial charge is 0.489 e. The van der Waals surface area contributed by atoms with Crippen LogP contribution in [0.1, 0.15) is 49.5 Å². The van der Waals surface area contributed by atoms with Gasteiger partial charge in [0.05, 0.1) is 11.7 Å². The van der Waals surface area contributed by atoms with Crippen LogP contribution in [0.15, 0.2) is 18.2 Å². The maximum absolute atomic E-state index is 12.2. The molecule has 3 atom stereocenters. The first-order chi connectivity index (χ1) is 9.41. The first-order valence-corrected chi connectivity index (χ1v) is 7.17. The second-order valence-electron chi connectivity index (χ2n) is 5.86. The van der Waals surface area contributed by atoms with Crippen molar-refractivity contribution in [3.63, 3.8) is 0 Å². The number of aliphatic hydroxyl groups excluding tert-OH is 1. The molecular weight excluding hydrogens is 254 g/mol. The van der Waals surface area contributed by atoms with Crippen molar-refractivity contribution in [2.24, 2.45) is 5.92 Å². The predicted octanol–water partition coefficient (Wildman–Crippen LogP) is 2.32. The standard InChI is InChI=1S/C16H23NO3/c1-9(2)14(18)8-17-16(19)13-7-5-6-12-10(3)11(4)20-15(12)13/h5-7,9-11,14,18H,8H2,1-4H3,(H,17,19). The molecule has 110 valence electrons. The minimum atomic E-state index is -0.533. The SMILES string of the molecule is CC(C)C(O)CNC(=O)c1cccc2c1OC(C)C2C. The van der Waals surface area contributed by atoms with Gasteiger partial charge in [-0.2, -0.15) is 0 Å². The highest BCUT2D eigenvalue weighted by atomic mass is 16.5. The number of para-hydroxylation sites is 1. The van der Waals surface area contributed by atoms with Crippen LogP contribution in [-0.2, 0) is 0 Å². The van der Waals surface area contributed by atoms with Crippen molar-refractivity contribution in [1.29, 1.82) is 0 Å². The summed E-state index contributed by atoms with van der Waals surface area (Å²) >= 11 is 0. The van der Waals surface area contributed by atoms with Gasteiger partial charge in [-0.25, -0.2) is 0 Å². The molecule has 1 heterocycles. The van der Waals surface area contributed by atoms with Crippen molar-refractivity contribution in [3.8, 4) is 5.75 Å². The third-order valence-electron chi connectivity index (χ3n) is 4.03. The summed E-state index contributed by atoms with van der Waals surface area (Å²) in [6.07, 6.45) is -0.449. The molecule has 0 radical (unpaired) electrons. The summed E-state index contributed by atoms with van der Waals surface area (Å²) in [4.78, 5) is 12.2. The summed E-state index contributed by atoms with van der Waals surface area (Å²) < 4.78 is 5.80. The Morgan fingerprint density at radius 3 is 2.75 bits per heavy atom.